The van der Waals surface area contributed by atoms with Crippen LogP contribution in [0.5, 0.6) is 0 Å². The molecule has 0 aliphatic carbocycles. The van der Waals surface area contributed by atoms with Gasteiger partial charge in [0.05, 0.1) is 19.6 Å². The number of nitrogens with zero attached hydrogens (tertiary/aromatic N) is 1. The summed E-state index contributed by atoms with van der Waals surface area (Å²) >= 11 is 0. The van der Waals surface area contributed by atoms with Crippen LogP contribution in [0.1, 0.15) is 6.42 Å². The largest absolute Gasteiger partial charge is 0.490 e. The second-order valence-corrected chi connectivity index (χ2v) is 5.99. The molecule has 0 aromatic rings. The smallest absolute Gasteiger partial charge is 0.454 e. The first kappa shape index (κ1) is 25.6. The zero-order valence-corrected chi connectivity index (χ0v) is 14.0. The van der Waals surface area contributed by atoms with Crippen LogP contribution in [-0.2, 0) is 14.3 Å². The lowest BCUT2D eigenvalue weighted by atomic mass is 9.98. The number of morpholine rings is 1. The highest BCUT2D eigenvalue weighted by molar-refractivity contribution is 5.75. The van der Waals surface area contributed by atoms with E-state index < -0.39 is 55.2 Å². The molecular weight excluding hydrogens is 446 g/mol. The molecule has 0 radical (unpaired) electrons. The van der Waals surface area contributed by atoms with Crippen LogP contribution in [-0.4, -0.2) is 79.9 Å². The lowest BCUT2D eigenvalue weighted by Gasteiger charge is -2.36. The lowest BCUT2D eigenvalue weighted by Crippen LogP contribution is -2.62. The second kappa shape index (κ2) is 8.35. The molecule has 1 unspecified atom stereocenters. The monoisotopic (exact) mass is 459 g/mol. The molecule has 29 heavy (non-hydrogen) atoms. The summed E-state index contributed by atoms with van der Waals surface area (Å²) in [5.41, 5.74) is 0. The molecule has 0 amide bonds. The van der Waals surface area contributed by atoms with Crippen molar-refractivity contribution in [3.8, 4) is 0 Å². The third-order valence-corrected chi connectivity index (χ3v) is 3.76. The van der Waals surface area contributed by atoms with Crippen molar-refractivity contribution in [1.82, 2.24) is 4.90 Å². The van der Waals surface area contributed by atoms with Gasteiger partial charge in [-0.1, -0.05) is 0 Å². The number of esters is 1. The summed E-state index contributed by atoms with van der Waals surface area (Å²) in [6.07, 6.45) is -18.3. The molecule has 1 rings (SSSR count). The molecule has 0 spiro atoms. The Kier molecular flexibility index (Phi) is 7.37. The molecule has 172 valence electrons. The van der Waals surface area contributed by atoms with Crippen LogP contribution in [0, 0.1) is 0 Å². The van der Waals surface area contributed by atoms with Crippen LogP contribution in [0.2, 0.25) is 0 Å². The molecule has 1 atom stereocenters. The van der Waals surface area contributed by atoms with E-state index >= 15 is 0 Å². The Balaban J connectivity index is 3.12. The highest BCUT2D eigenvalue weighted by atomic mass is 19.4. The fourth-order valence-electron chi connectivity index (χ4n) is 2.26. The highest BCUT2D eigenvalue weighted by Crippen LogP contribution is 2.54. The third kappa shape index (κ3) is 5.79. The van der Waals surface area contributed by atoms with Gasteiger partial charge in [0.15, 0.2) is 0 Å². The van der Waals surface area contributed by atoms with E-state index in [0.717, 1.165) is 4.90 Å². The van der Waals surface area contributed by atoms with Crippen LogP contribution in [0.3, 0.4) is 0 Å². The quantitative estimate of drug-likeness (QED) is 0.431. The van der Waals surface area contributed by atoms with Crippen LogP contribution in [0.25, 0.3) is 0 Å². The number of ether oxygens (including phenoxy) is 2. The minimum Gasteiger partial charge on any atom is -0.454 e. The summed E-state index contributed by atoms with van der Waals surface area (Å²) in [4.78, 5) is 11.9. The van der Waals surface area contributed by atoms with Crippen molar-refractivity contribution < 1.29 is 67.0 Å². The molecule has 0 saturated carbocycles. The van der Waals surface area contributed by atoms with Crippen LogP contribution >= 0.6 is 0 Å². The van der Waals surface area contributed by atoms with Gasteiger partial charge in [-0.05, 0) is 0 Å². The van der Waals surface area contributed by atoms with E-state index in [1.807, 2.05) is 0 Å². The maximum absolute atomic E-state index is 13.7. The van der Waals surface area contributed by atoms with Gasteiger partial charge in [0, 0.05) is 19.6 Å². The number of alkyl halides is 12. The van der Waals surface area contributed by atoms with E-state index in [1.54, 1.807) is 0 Å². The minimum absolute atomic E-state index is 0.0708. The summed E-state index contributed by atoms with van der Waals surface area (Å²) in [5.74, 6) is -23.5. The fourth-order valence-corrected chi connectivity index (χ4v) is 2.26. The predicted molar refractivity (Wildman–Crippen MR) is 68.7 cm³/mol. The molecule has 1 aliphatic heterocycles. The Hall–Kier alpha value is -1.45. The molecule has 0 aromatic carbocycles. The summed E-state index contributed by atoms with van der Waals surface area (Å²) in [6.45, 7) is -1.48. The summed E-state index contributed by atoms with van der Waals surface area (Å²) in [5, 5.41) is 0. The Morgan fingerprint density at radius 3 is 1.76 bits per heavy atom. The average molecular weight is 459 g/mol. The molecule has 0 aromatic heterocycles. The van der Waals surface area contributed by atoms with Crippen LogP contribution < -0.4 is 0 Å². The zero-order chi connectivity index (χ0) is 22.9. The first-order valence-corrected chi connectivity index (χ1v) is 7.61. The van der Waals surface area contributed by atoms with Gasteiger partial charge in [0.2, 0.25) is 0 Å². The molecule has 1 aliphatic rings. The van der Waals surface area contributed by atoms with Crippen molar-refractivity contribution in [1.29, 1.82) is 0 Å². The van der Waals surface area contributed by atoms with Gasteiger partial charge >= 0.3 is 36.1 Å². The summed E-state index contributed by atoms with van der Waals surface area (Å²) < 4.78 is 162. The number of carbonyl (C=O) groups excluding carboxylic acids is 1. The average Bonchev–Trinajstić information content (AvgIpc) is 2.52. The Morgan fingerprint density at radius 2 is 1.34 bits per heavy atom. The summed E-state index contributed by atoms with van der Waals surface area (Å²) in [7, 11) is 0. The zero-order valence-electron chi connectivity index (χ0n) is 14.0. The van der Waals surface area contributed by atoms with Crippen LogP contribution in [0.15, 0.2) is 0 Å². The van der Waals surface area contributed by atoms with E-state index in [0.29, 0.717) is 0 Å². The van der Waals surface area contributed by atoms with Crippen molar-refractivity contribution >= 4 is 5.97 Å². The van der Waals surface area contributed by atoms with Gasteiger partial charge in [-0.3, -0.25) is 4.90 Å². The van der Waals surface area contributed by atoms with Crippen LogP contribution in [0.4, 0.5) is 52.7 Å². The Morgan fingerprint density at radius 1 is 0.862 bits per heavy atom. The van der Waals surface area contributed by atoms with E-state index in [4.69, 9.17) is 4.74 Å². The molecule has 0 N–H and O–H groups in total. The van der Waals surface area contributed by atoms with Gasteiger partial charge in [0.25, 0.3) is 0 Å². The SMILES string of the molecule is O=C(OC(CN1CCOCC1)CC(F)(F)C(F)(F)C(F)(F)C(F)(F)F)C(F)(F)F. The number of rotatable bonds is 7. The molecule has 1 fully saturated rings. The van der Waals surface area contributed by atoms with Gasteiger partial charge in [-0.25, -0.2) is 4.79 Å². The normalized spacial score (nSPS) is 19.2. The maximum Gasteiger partial charge on any atom is 0.490 e. The van der Waals surface area contributed by atoms with Crippen molar-refractivity contribution in [2.24, 2.45) is 0 Å². The summed E-state index contributed by atoms with van der Waals surface area (Å²) in [6, 6.07) is 0. The minimum atomic E-state index is -7.21. The maximum atomic E-state index is 13.7. The standard InChI is InChI=1S/C13H13F12NO3/c14-9(15,11(19,20)12(21,22)13(23,24)25)5-7(29-8(27)10(16,17)18)6-26-1-3-28-4-2-26/h7H,1-6H2. The number of carbonyl (C=O) groups is 1. The van der Waals surface area contributed by atoms with E-state index in [9.17, 15) is 57.5 Å². The van der Waals surface area contributed by atoms with Gasteiger partial charge in [-0.15, -0.1) is 0 Å². The highest BCUT2D eigenvalue weighted by Gasteiger charge is 2.81. The van der Waals surface area contributed by atoms with Gasteiger partial charge in [0.1, 0.15) is 6.10 Å². The Labute approximate surface area is 154 Å². The molecule has 1 saturated heterocycles. The number of halogens is 12. The van der Waals surface area contributed by atoms with Crippen molar-refractivity contribution in [2.75, 3.05) is 32.8 Å². The van der Waals surface area contributed by atoms with E-state index in [2.05, 4.69) is 4.74 Å². The fraction of sp³-hybridized carbons (Fsp3) is 0.923. The Bertz CT molecular complexity index is 568. The number of hydrogen-bond donors (Lipinski definition) is 0. The van der Waals surface area contributed by atoms with Crippen molar-refractivity contribution in [3.63, 3.8) is 0 Å². The molecule has 4 nitrogen and oxygen atoms in total. The van der Waals surface area contributed by atoms with Gasteiger partial charge < -0.3 is 9.47 Å². The molecule has 0 bridgehead atoms. The molecular formula is C13H13F12NO3. The molecule has 1 heterocycles. The van der Waals surface area contributed by atoms with E-state index in [1.165, 1.54) is 0 Å². The van der Waals surface area contributed by atoms with Gasteiger partial charge in [-0.2, -0.15) is 52.7 Å². The first-order valence-electron chi connectivity index (χ1n) is 7.61. The van der Waals surface area contributed by atoms with E-state index in [-0.39, 0.29) is 26.3 Å². The first-order chi connectivity index (χ1) is 12.8. The van der Waals surface area contributed by atoms with Crippen molar-refractivity contribution in [2.45, 2.75) is 42.6 Å². The lowest BCUT2D eigenvalue weighted by molar-refractivity contribution is -0.398. The van der Waals surface area contributed by atoms with Crippen molar-refractivity contribution in [3.05, 3.63) is 0 Å². The number of hydrogen-bond acceptors (Lipinski definition) is 4. The third-order valence-electron chi connectivity index (χ3n) is 3.76. The molecule has 16 heteroatoms. The second-order valence-electron chi connectivity index (χ2n) is 5.99. The topological polar surface area (TPSA) is 38.8 Å². The predicted octanol–water partition coefficient (Wildman–Crippen LogP) is 3.65.